The standard InChI is InChI=1S/C14H11NO4/c1-7-8(2)18-13-5-9(3-4-10(7)13)12-6-11(14(16)17)15-19-12/h3-6H,1-2H3,(H,16,17). The van der Waals surface area contributed by atoms with Crippen molar-refractivity contribution < 1.29 is 18.8 Å². The highest BCUT2D eigenvalue weighted by Crippen LogP contribution is 2.29. The van der Waals surface area contributed by atoms with Crippen LogP contribution in [0.15, 0.2) is 33.2 Å². The van der Waals surface area contributed by atoms with Crippen molar-refractivity contribution in [3.05, 3.63) is 41.3 Å². The number of fused-ring (bicyclic) bond motifs is 1. The van der Waals surface area contributed by atoms with Gasteiger partial charge in [0.05, 0.1) is 0 Å². The summed E-state index contributed by atoms with van der Waals surface area (Å²) in [5.74, 6) is 0.169. The average molecular weight is 257 g/mol. The quantitative estimate of drug-likeness (QED) is 0.761. The van der Waals surface area contributed by atoms with Crippen LogP contribution in [0.3, 0.4) is 0 Å². The van der Waals surface area contributed by atoms with Crippen LogP contribution in [0.5, 0.6) is 0 Å². The molecule has 0 radical (unpaired) electrons. The predicted octanol–water partition coefficient (Wildman–Crippen LogP) is 3.40. The zero-order valence-corrected chi connectivity index (χ0v) is 10.4. The molecular weight excluding hydrogens is 246 g/mol. The minimum Gasteiger partial charge on any atom is -0.476 e. The molecule has 0 bridgehead atoms. The molecule has 96 valence electrons. The van der Waals surface area contributed by atoms with Gasteiger partial charge in [0, 0.05) is 17.0 Å². The van der Waals surface area contributed by atoms with Crippen LogP contribution in [0.2, 0.25) is 0 Å². The molecule has 0 unspecified atom stereocenters. The van der Waals surface area contributed by atoms with E-state index in [1.807, 2.05) is 32.0 Å². The molecule has 1 aromatic carbocycles. The lowest BCUT2D eigenvalue weighted by Crippen LogP contribution is -1.94. The summed E-state index contributed by atoms with van der Waals surface area (Å²) in [7, 11) is 0. The van der Waals surface area contributed by atoms with Crippen LogP contribution in [-0.2, 0) is 0 Å². The highest BCUT2D eigenvalue weighted by atomic mass is 16.5. The largest absolute Gasteiger partial charge is 0.476 e. The van der Waals surface area contributed by atoms with Gasteiger partial charge in [0.2, 0.25) is 0 Å². The Kier molecular flexibility index (Phi) is 2.41. The Morgan fingerprint density at radius 1 is 1.26 bits per heavy atom. The summed E-state index contributed by atoms with van der Waals surface area (Å²) in [6.07, 6.45) is 0. The lowest BCUT2D eigenvalue weighted by atomic mass is 10.1. The molecule has 0 aliphatic heterocycles. The van der Waals surface area contributed by atoms with E-state index in [1.54, 1.807) is 0 Å². The molecule has 0 saturated heterocycles. The fourth-order valence-electron chi connectivity index (χ4n) is 2.01. The highest BCUT2D eigenvalue weighted by Gasteiger charge is 2.14. The summed E-state index contributed by atoms with van der Waals surface area (Å²) in [6.45, 7) is 3.91. The van der Waals surface area contributed by atoms with Gasteiger partial charge >= 0.3 is 5.97 Å². The van der Waals surface area contributed by atoms with Gasteiger partial charge in [-0.1, -0.05) is 17.3 Å². The fraction of sp³-hybridized carbons (Fsp3) is 0.143. The smallest absolute Gasteiger partial charge is 0.358 e. The second-order valence-electron chi connectivity index (χ2n) is 4.38. The first-order valence-electron chi connectivity index (χ1n) is 5.76. The molecule has 5 nitrogen and oxygen atoms in total. The molecule has 0 aliphatic carbocycles. The average Bonchev–Trinajstić information content (AvgIpc) is 2.96. The molecule has 0 atom stereocenters. The normalized spacial score (nSPS) is 11.1. The molecule has 0 aliphatic rings. The monoisotopic (exact) mass is 257 g/mol. The summed E-state index contributed by atoms with van der Waals surface area (Å²) in [5, 5.41) is 13.3. The van der Waals surface area contributed by atoms with E-state index >= 15 is 0 Å². The Morgan fingerprint density at radius 2 is 2.05 bits per heavy atom. The van der Waals surface area contributed by atoms with Crippen molar-refractivity contribution in [1.29, 1.82) is 0 Å². The number of aromatic nitrogens is 1. The van der Waals surface area contributed by atoms with Gasteiger partial charge < -0.3 is 14.0 Å². The van der Waals surface area contributed by atoms with Crippen LogP contribution in [0, 0.1) is 13.8 Å². The Balaban J connectivity index is 2.12. The maximum absolute atomic E-state index is 10.8. The topological polar surface area (TPSA) is 76.5 Å². The van der Waals surface area contributed by atoms with Crippen molar-refractivity contribution in [3.8, 4) is 11.3 Å². The Labute approximate surface area is 108 Å². The van der Waals surface area contributed by atoms with E-state index in [0.29, 0.717) is 5.76 Å². The molecule has 3 aromatic rings. The molecule has 0 spiro atoms. The number of aryl methyl sites for hydroxylation is 2. The van der Waals surface area contributed by atoms with E-state index in [-0.39, 0.29) is 5.69 Å². The van der Waals surface area contributed by atoms with E-state index in [0.717, 1.165) is 27.9 Å². The number of furan rings is 1. The molecule has 0 amide bonds. The minimum atomic E-state index is -1.11. The molecular formula is C14H11NO4. The van der Waals surface area contributed by atoms with Crippen LogP contribution >= 0.6 is 0 Å². The first-order chi connectivity index (χ1) is 9.06. The van der Waals surface area contributed by atoms with Crippen LogP contribution in [0.1, 0.15) is 21.8 Å². The minimum absolute atomic E-state index is 0.109. The van der Waals surface area contributed by atoms with Gasteiger partial charge in [-0.15, -0.1) is 0 Å². The van der Waals surface area contributed by atoms with Crippen molar-refractivity contribution in [2.75, 3.05) is 0 Å². The molecule has 2 heterocycles. The number of carboxylic acid groups (broad SMARTS) is 1. The molecule has 19 heavy (non-hydrogen) atoms. The SMILES string of the molecule is Cc1oc2cc(-c3cc(C(=O)O)no3)ccc2c1C. The zero-order valence-electron chi connectivity index (χ0n) is 10.4. The third-order valence-electron chi connectivity index (χ3n) is 3.19. The number of carboxylic acids is 1. The number of hydrogen-bond acceptors (Lipinski definition) is 4. The van der Waals surface area contributed by atoms with Gasteiger partial charge in [-0.05, 0) is 25.5 Å². The third-order valence-corrected chi connectivity index (χ3v) is 3.19. The lowest BCUT2D eigenvalue weighted by molar-refractivity contribution is 0.0686. The van der Waals surface area contributed by atoms with Gasteiger partial charge in [-0.2, -0.15) is 0 Å². The van der Waals surface area contributed by atoms with Gasteiger partial charge in [-0.3, -0.25) is 0 Å². The number of nitrogens with zero attached hydrogens (tertiary/aromatic N) is 1. The van der Waals surface area contributed by atoms with Crippen molar-refractivity contribution in [1.82, 2.24) is 5.16 Å². The number of hydrogen-bond donors (Lipinski definition) is 1. The van der Waals surface area contributed by atoms with Gasteiger partial charge in [0.25, 0.3) is 0 Å². The van der Waals surface area contributed by atoms with E-state index in [2.05, 4.69) is 5.16 Å². The number of rotatable bonds is 2. The maximum Gasteiger partial charge on any atom is 0.358 e. The molecule has 3 rings (SSSR count). The first-order valence-corrected chi connectivity index (χ1v) is 5.76. The molecule has 5 heteroatoms. The number of carbonyl (C=O) groups is 1. The molecule has 1 N–H and O–H groups in total. The van der Waals surface area contributed by atoms with Crippen molar-refractivity contribution in [2.24, 2.45) is 0 Å². The summed E-state index contributed by atoms with van der Waals surface area (Å²) >= 11 is 0. The summed E-state index contributed by atoms with van der Waals surface area (Å²) < 4.78 is 10.7. The third kappa shape index (κ3) is 1.79. The van der Waals surface area contributed by atoms with Crippen LogP contribution < -0.4 is 0 Å². The van der Waals surface area contributed by atoms with Crippen LogP contribution in [0.25, 0.3) is 22.3 Å². The lowest BCUT2D eigenvalue weighted by Gasteiger charge is -1.95. The molecule has 0 saturated carbocycles. The summed E-state index contributed by atoms with van der Waals surface area (Å²) in [5.41, 5.74) is 2.48. The van der Waals surface area contributed by atoms with Gasteiger partial charge in [0.1, 0.15) is 11.3 Å². The number of benzene rings is 1. The fourth-order valence-corrected chi connectivity index (χ4v) is 2.01. The van der Waals surface area contributed by atoms with Crippen LogP contribution in [-0.4, -0.2) is 16.2 Å². The number of aromatic carboxylic acids is 1. The summed E-state index contributed by atoms with van der Waals surface area (Å²) in [6, 6.07) is 7.00. The van der Waals surface area contributed by atoms with Crippen LogP contribution in [0.4, 0.5) is 0 Å². The Morgan fingerprint density at radius 3 is 2.74 bits per heavy atom. The highest BCUT2D eigenvalue weighted by molar-refractivity contribution is 5.88. The van der Waals surface area contributed by atoms with E-state index < -0.39 is 5.97 Å². The van der Waals surface area contributed by atoms with E-state index in [4.69, 9.17) is 14.0 Å². The van der Waals surface area contributed by atoms with Crippen molar-refractivity contribution >= 4 is 16.9 Å². The first kappa shape index (κ1) is 11.5. The van der Waals surface area contributed by atoms with Gasteiger partial charge in [0.15, 0.2) is 11.5 Å². The summed E-state index contributed by atoms with van der Waals surface area (Å²) in [4.78, 5) is 10.8. The second kappa shape index (κ2) is 3.98. The van der Waals surface area contributed by atoms with E-state index in [1.165, 1.54) is 6.07 Å². The molecule has 2 aromatic heterocycles. The second-order valence-corrected chi connectivity index (χ2v) is 4.38. The predicted molar refractivity (Wildman–Crippen MR) is 68.1 cm³/mol. The Hall–Kier alpha value is -2.56. The maximum atomic E-state index is 10.8. The Bertz CT molecular complexity index is 782. The van der Waals surface area contributed by atoms with Crippen molar-refractivity contribution in [3.63, 3.8) is 0 Å². The zero-order chi connectivity index (χ0) is 13.6. The van der Waals surface area contributed by atoms with E-state index in [9.17, 15) is 4.79 Å². The van der Waals surface area contributed by atoms with Crippen molar-refractivity contribution in [2.45, 2.75) is 13.8 Å². The molecule has 0 fully saturated rings. The van der Waals surface area contributed by atoms with Gasteiger partial charge in [-0.25, -0.2) is 4.79 Å².